The van der Waals surface area contributed by atoms with Gasteiger partial charge in [0.1, 0.15) is 5.54 Å². The summed E-state index contributed by atoms with van der Waals surface area (Å²) in [5.74, 6) is -2.97. The maximum atomic E-state index is 14.1. The Balaban J connectivity index is 1.54. The van der Waals surface area contributed by atoms with Crippen LogP contribution in [0.2, 0.25) is 0 Å². The van der Waals surface area contributed by atoms with Crippen molar-refractivity contribution in [3.05, 3.63) is 102 Å². The van der Waals surface area contributed by atoms with Crippen LogP contribution in [0.4, 0.5) is 5.69 Å². The van der Waals surface area contributed by atoms with E-state index in [-0.39, 0.29) is 12.3 Å². The monoisotopic (exact) mass is 493 g/mol. The number of aryl methyl sites for hydroxylation is 1. The van der Waals surface area contributed by atoms with Gasteiger partial charge in [0.2, 0.25) is 11.8 Å². The van der Waals surface area contributed by atoms with Crippen LogP contribution in [0, 0.1) is 18.8 Å². The van der Waals surface area contributed by atoms with Crippen LogP contribution in [0.25, 0.3) is 10.9 Å². The number of H-pyrrole nitrogens is 1. The number of nitrogens with one attached hydrogen (secondary N) is 2. The molecule has 2 amide bonds. The number of fused-ring (bicyclic) bond motifs is 2. The Morgan fingerprint density at radius 1 is 0.946 bits per heavy atom. The highest BCUT2D eigenvalue weighted by atomic mass is 16.5. The van der Waals surface area contributed by atoms with Crippen molar-refractivity contribution in [1.29, 1.82) is 0 Å². The van der Waals surface area contributed by atoms with Crippen molar-refractivity contribution in [2.24, 2.45) is 11.8 Å². The standard InChI is InChI=1S/C30H27N3O4/c1-18-10-6-7-13-21(18)26-24-25(28(35)33(27(24)34)20-11-4-3-5-12-20)30(32-26,29(36)37-2)16-19-17-31-23-15-9-8-14-22(19)23/h3-15,17,24-26,31-32H,16H2,1-2H3. The van der Waals surface area contributed by atoms with Gasteiger partial charge < -0.3 is 9.72 Å². The number of imide groups is 1. The van der Waals surface area contributed by atoms with E-state index in [1.54, 1.807) is 24.3 Å². The van der Waals surface area contributed by atoms with E-state index in [0.29, 0.717) is 5.69 Å². The summed E-state index contributed by atoms with van der Waals surface area (Å²) in [7, 11) is 1.33. The van der Waals surface area contributed by atoms with Crippen LogP contribution in [-0.4, -0.2) is 35.4 Å². The fourth-order valence-corrected chi connectivity index (χ4v) is 6.22. The number of nitrogens with zero attached hydrogens (tertiary/aromatic N) is 1. The number of anilines is 1. The highest BCUT2D eigenvalue weighted by Crippen LogP contribution is 2.51. The number of methoxy groups -OCH3 is 1. The Hall–Kier alpha value is -4.23. The second-order valence-electron chi connectivity index (χ2n) is 9.83. The zero-order valence-electron chi connectivity index (χ0n) is 20.6. The van der Waals surface area contributed by atoms with Gasteiger partial charge in [-0.1, -0.05) is 60.7 Å². The summed E-state index contributed by atoms with van der Waals surface area (Å²) in [6.07, 6.45) is 2.05. The number of aromatic nitrogens is 1. The SMILES string of the molecule is COC(=O)C1(Cc2c[nH]c3ccccc23)NC(c2ccccc2C)C2C(=O)N(c3ccccc3)C(=O)C21. The van der Waals surface area contributed by atoms with Gasteiger partial charge in [-0.05, 0) is 41.8 Å². The van der Waals surface area contributed by atoms with Gasteiger partial charge >= 0.3 is 5.97 Å². The molecule has 186 valence electrons. The van der Waals surface area contributed by atoms with Crippen LogP contribution < -0.4 is 10.2 Å². The van der Waals surface area contributed by atoms with Crippen molar-refractivity contribution in [2.45, 2.75) is 24.9 Å². The van der Waals surface area contributed by atoms with Crippen LogP contribution in [0.3, 0.4) is 0 Å². The topological polar surface area (TPSA) is 91.5 Å². The fourth-order valence-electron chi connectivity index (χ4n) is 6.22. The lowest BCUT2D eigenvalue weighted by Crippen LogP contribution is -2.57. The van der Waals surface area contributed by atoms with E-state index < -0.39 is 35.3 Å². The van der Waals surface area contributed by atoms with Crippen molar-refractivity contribution < 1.29 is 19.1 Å². The molecule has 2 fully saturated rings. The predicted octanol–water partition coefficient (Wildman–Crippen LogP) is 4.08. The molecule has 7 nitrogen and oxygen atoms in total. The zero-order chi connectivity index (χ0) is 25.7. The smallest absolute Gasteiger partial charge is 0.327 e. The molecule has 0 saturated carbocycles. The Kier molecular flexibility index (Phi) is 5.46. The first-order valence-corrected chi connectivity index (χ1v) is 12.4. The number of carbonyl (C=O) groups excluding carboxylic acids is 3. The van der Waals surface area contributed by atoms with E-state index in [2.05, 4.69) is 10.3 Å². The number of carbonyl (C=O) groups is 3. The molecule has 2 aliphatic heterocycles. The molecule has 3 heterocycles. The molecule has 3 aromatic carbocycles. The largest absolute Gasteiger partial charge is 0.468 e. The van der Waals surface area contributed by atoms with Crippen LogP contribution in [0.15, 0.2) is 85.1 Å². The number of benzene rings is 3. The first kappa shape index (κ1) is 23.2. The molecule has 0 bridgehead atoms. The molecule has 0 spiro atoms. The average molecular weight is 494 g/mol. The Morgan fingerprint density at radius 3 is 2.41 bits per heavy atom. The van der Waals surface area contributed by atoms with Crippen LogP contribution in [0.5, 0.6) is 0 Å². The lowest BCUT2D eigenvalue weighted by atomic mass is 9.76. The third kappa shape index (κ3) is 3.42. The summed E-state index contributed by atoms with van der Waals surface area (Å²) in [6, 6.07) is 24.0. The summed E-state index contributed by atoms with van der Waals surface area (Å²) in [4.78, 5) is 46.4. The predicted molar refractivity (Wildman–Crippen MR) is 140 cm³/mol. The molecule has 1 aromatic heterocycles. The average Bonchev–Trinajstić information content (AvgIpc) is 3.56. The summed E-state index contributed by atoms with van der Waals surface area (Å²) in [6.45, 7) is 1.97. The molecule has 2 N–H and O–H groups in total. The number of rotatable bonds is 5. The first-order valence-electron chi connectivity index (χ1n) is 12.4. The molecule has 4 unspecified atom stereocenters. The number of ether oxygens (including phenoxy) is 1. The first-order chi connectivity index (χ1) is 18.0. The normalized spacial score (nSPS) is 25.0. The van der Waals surface area contributed by atoms with E-state index in [9.17, 15) is 14.4 Å². The molecule has 7 heteroatoms. The lowest BCUT2D eigenvalue weighted by molar-refractivity contribution is -0.152. The van der Waals surface area contributed by atoms with Crippen LogP contribution in [0.1, 0.15) is 22.7 Å². The molecule has 2 saturated heterocycles. The maximum absolute atomic E-state index is 14.1. The van der Waals surface area contributed by atoms with E-state index >= 15 is 0 Å². The summed E-state index contributed by atoms with van der Waals surface area (Å²) < 4.78 is 5.35. The summed E-state index contributed by atoms with van der Waals surface area (Å²) in [5.41, 5.74) is 2.73. The van der Waals surface area contributed by atoms with Gasteiger partial charge in [-0.3, -0.25) is 19.7 Å². The Morgan fingerprint density at radius 2 is 1.65 bits per heavy atom. The zero-order valence-corrected chi connectivity index (χ0v) is 20.6. The third-order valence-corrected chi connectivity index (χ3v) is 7.89. The van der Waals surface area contributed by atoms with Gasteiger partial charge in [-0.25, -0.2) is 4.90 Å². The number of aromatic amines is 1. The minimum Gasteiger partial charge on any atom is -0.468 e. The van der Waals surface area contributed by atoms with Gasteiger partial charge in [0.15, 0.2) is 0 Å². The highest BCUT2D eigenvalue weighted by Gasteiger charge is 2.69. The number of hydrogen-bond acceptors (Lipinski definition) is 5. The van der Waals surface area contributed by atoms with E-state index in [1.807, 2.05) is 67.7 Å². The quantitative estimate of drug-likeness (QED) is 0.323. The van der Waals surface area contributed by atoms with E-state index in [0.717, 1.165) is 27.6 Å². The minimum atomic E-state index is -1.44. The van der Waals surface area contributed by atoms with Crippen molar-refractivity contribution in [2.75, 3.05) is 12.0 Å². The van der Waals surface area contributed by atoms with Gasteiger partial charge in [-0.15, -0.1) is 0 Å². The van der Waals surface area contributed by atoms with Crippen LogP contribution in [-0.2, 0) is 25.5 Å². The number of hydrogen-bond donors (Lipinski definition) is 2. The van der Waals surface area contributed by atoms with Crippen molar-refractivity contribution in [3.8, 4) is 0 Å². The van der Waals surface area contributed by atoms with Gasteiger partial charge in [-0.2, -0.15) is 0 Å². The third-order valence-electron chi connectivity index (χ3n) is 7.89. The Bertz CT molecular complexity index is 1530. The molecular formula is C30H27N3O4. The lowest BCUT2D eigenvalue weighted by Gasteiger charge is -2.32. The summed E-state index contributed by atoms with van der Waals surface area (Å²) in [5, 5.41) is 4.45. The summed E-state index contributed by atoms with van der Waals surface area (Å²) >= 11 is 0. The number of esters is 1. The number of para-hydroxylation sites is 2. The Labute approximate surface area is 214 Å². The van der Waals surface area contributed by atoms with Crippen LogP contribution >= 0.6 is 0 Å². The van der Waals surface area contributed by atoms with E-state index in [1.165, 1.54) is 12.0 Å². The molecule has 4 atom stereocenters. The minimum absolute atomic E-state index is 0.189. The fraction of sp³-hybridized carbons (Fsp3) is 0.233. The van der Waals surface area contributed by atoms with E-state index in [4.69, 9.17) is 4.74 Å². The molecule has 0 aliphatic carbocycles. The second-order valence-corrected chi connectivity index (χ2v) is 9.83. The van der Waals surface area contributed by atoms with Crippen molar-refractivity contribution in [1.82, 2.24) is 10.3 Å². The molecule has 4 aromatic rings. The molecule has 0 radical (unpaired) electrons. The maximum Gasteiger partial charge on any atom is 0.327 e. The second kappa shape index (κ2) is 8.71. The van der Waals surface area contributed by atoms with Gasteiger partial charge in [0, 0.05) is 29.6 Å². The highest BCUT2D eigenvalue weighted by molar-refractivity contribution is 6.24. The van der Waals surface area contributed by atoms with Crippen molar-refractivity contribution >= 4 is 34.4 Å². The molecule has 2 aliphatic rings. The van der Waals surface area contributed by atoms with Gasteiger partial charge in [0.25, 0.3) is 0 Å². The molecule has 37 heavy (non-hydrogen) atoms. The number of amides is 2. The van der Waals surface area contributed by atoms with Crippen molar-refractivity contribution in [3.63, 3.8) is 0 Å². The molecular weight excluding hydrogens is 466 g/mol. The molecule has 6 rings (SSSR count). The van der Waals surface area contributed by atoms with Gasteiger partial charge in [0.05, 0.1) is 24.6 Å².